The van der Waals surface area contributed by atoms with E-state index in [9.17, 15) is 0 Å². The van der Waals surface area contributed by atoms with Gasteiger partial charge < -0.3 is 15.7 Å². The zero-order valence-corrected chi connectivity index (χ0v) is 9.20. The van der Waals surface area contributed by atoms with Gasteiger partial charge in [-0.15, -0.1) is 0 Å². The number of rotatable bonds is 6. The van der Waals surface area contributed by atoms with Crippen molar-refractivity contribution in [2.75, 3.05) is 23.8 Å². The topological polar surface area (TPSA) is 70.1 Å². The molecule has 0 aliphatic rings. The Hall–Kier alpha value is -1.36. The first-order valence-corrected chi connectivity index (χ1v) is 5.20. The molecule has 84 valence electrons. The van der Waals surface area contributed by atoms with E-state index < -0.39 is 0 Å². The van der Waals surface area contributed by atoms with Crippen LogP contribution in [0.5, 0.6) is 0 Å². The largest absolute Gasteiger partial charge is 0.396 e. The van der Waals surface area contributed by atoms with Crippen LogP contribution in [0.25, 0.3) is 0 Å². The Morgan fingerprint density at radius 3 is 3.00 bits per heavy atom. The third-order valence-corrected chi connectivity index (χ3v) is 1.95. The van der Waals surface area contributed by atoms with Gasteiger partial charge >= 0.3 is 0 Å². The molecule has 5 heteroatoms. The van der Waals surface area contributed by atoms with Crippen LogP contribution in [0.2, 0.25) is 0 Å². The minimum absolute atomic E-state index is 0.180. The van der Waals surface area contributed by atoms with Crippen molar-refractivity contribution in [3.8, 4) is 0 Å². The van der Waals surface area contributed by atoms with Gasteiger partial charge in [-0.05, 0) is 26.3 Å². The van der Waals surface area contributed by atoms with Gasteiger partial charge in [-0.2, -0.15) is 4.98 Å². The van der Waals surface area contributed by atoms with Gasteiger partial charge in [0.1, 0.15) is 5.82 Å². The molecule has 5 nitrogen and oxygen atoms in total. The highest BCUT2D eigenvalue weighted by atomic mass is 16.3. The van der Waals surface area contributed by atoms with Gasteiger partial charge in [0.05, 0.1) is 0 Å². The molecule has 1 unspecified atom stereocenters. The summed E-state index contributed by atoms with van der Waals surface area (Å²) in [4.78, 5) is 8.34. The van der Waals surface area contributed by atoms with E-state index >= 15 is 0 Å². The smallest absolute Gasteiger partial charge is 0.224 e. The third-order valence-electron chi connectivity index (χ3n) is 1.95. The van der Waals surface area contributed by atoms with Gasteiger partial charge in [0, 0.05) is 25.4 Å². The lowest BCUT2D eigenvalue weighted by Gasteiger charge is -2.13. The Morgan fingerprint density at radius 1 is 1.53 bits per heavy atom. The molecule has 0 aromatic carbocycles. The molecule has 0 fully saturated rings. The maximum absolute atomic E-state index is 8.77. The predicted octanol–water partition coefficient (Wildman–Crippen LogP) is 1.09. The van der Waals surface area contributed by atoms with Crippen molar-refractivity contribution in [3.63, 3.8) is 0 Å². The second-order valence-electron chi connectivity index (χ2n) is 3.35. The molecule has 0 radical (unpaired) electrons. The highest BCUT2D eigenvalue weighted by molar-refractivity contribution is 5.40. The third kappa shape index (κ3) is 4.12. The van der Waals surface area contributed by atoms with Crippen LogP contribution >= 0.6 is 0 Å². The molecule has 15 heavy (non-hydrogen) atoms. The zero-order valence-electron chi connectivity index (χ0n) is 9.20. The lowest BCUT2D eigenvalue weighted by atomic mass is 10.2. The van der Waals surface area contributed by atoms with Crippen molar-refractivity contribution >= 4 is 11.8 Å². The molecule has 0 amide bonds. The molecule has 0 saturated heterocycles. The fourth-order valence-electron chi connectivity index (χ4n) is 1.20. The molecule has 0 bridgehead atoms. The van der Waals surface area contributed by atoms with E-state index in [4.69, 9.17) is 5.11 Å². The highest BCUT2D eigenvalue weighted by Gasteiger charge is 2.02. The van der Waals surface area contributed by atoms with E-state index in [1.54, 1.807) is 6.20 Å². The Labute approximate surface area is 90.0 Å². The average molecular weight is 210 g/mol. The summed E-state index contributed by atoms with van der Waals surface area (Å²) in [6.07, 6.45) is 2.42. The number of anilines is 2. The van der Waals surface area contributed by atoms with E-state index in [1.807, 2.05) is 19.9 Å². The molecule has 1 atom stereocenters. The summed E-state index contributed by atoms with van der Waals surface area (Å²) in [7, 11) is 0. The first-order valence-electron chi connectivity index (χ1n) is 5.20. The number of hydrogen-bond donors (Lipinski definition) is 3. The minimum Gasteiger partial charge on any atom is -0.396 e. The van der Waals surface area contributed by atoms with E-state index in [2.05, 4.69) is 20.6 Å². The second kappa shape index (κ2) is 6.19. The van der Waals surface area contributed by atoms with Gasteiger partial charge in [-0.25, -0.2) is 4.98 Å². The SMILES string of the molecule is CCNc1nccc(NC(C)CCO)n1. The molecule has 0 saturated carbocycles. The minimum atomic E-state index is 0.180. The van der Waals surface area contributed by atoms with Crippen LogP contribution in [0.1, 0.15) is 20.3 Å². The number of nitrogens with one attached hydrogen (secondary N) is 2. The van der Waals surface area contributed by atoms with Crippen molar-refractivity contribution in [3.05, 3.63) is 12.3 Å². The first kappa shape index (κ1) is 11.7. The van der Waals surface area contributed by atoms with Crippen LogP contribution in [0.15, 0.2) is 12.3 Å². The van der Waals surface area contributed by atoms with E-state index in [0.29, 0.717) is 12.4 Å². The Kier molecular flexibility index (Phi) is 4.83. The summed E-state index contributed by atoms with van der Waals surface area (Å²) in [6.45, 7) is 4.98. The van der Waals surface area contributed by atoms with Crippen LogP contribution in [0, 0.1) is 0 Å². The Morgan fingerprint density at radius 2 is 2.33 bits per heavy atom. The summed E-state index contributed by atoms with van der Waals surface area (Å²) in [5.74, 6) is 1.40. The number of aromatic nitrogens is 2. The van der Waals surface area contributed by atoms with E-state index in [0.717, 1.165) is 12.4 Å². The Bertz CT molecular complexity index is 293. The van der Waals surface area contributed by atoms with Gasteiger partial charge in [-0.3, -0.25) is 0 Å². The molecular weight excluding hydrogens is 192 g/mol. The first-order chi connectivity index (χ1) is 7.26. The predicted molar refractivity (Wildman–Crippen MR) is 61.0 cm³/mol. The van der Waals surface area contributed by atoms with Crippen molar-refractivity contribution in [1.82, 2.24) is 9.97 Å². The van der Waals surface area contributed by atoms with Gasteiger partial charge in [-0.1, -0.05) is 0 Å². The molecule has 1 aromatic rings. The average Bonchev–Trinajstić information content (AvgIpc) is 2.19. The molecule has 3 N–H and O–H groups in total. The van der Waals surface area contributed by atoms with Crippen molar-refractivity contribution in [2.45, 2.75) is 26.3 Å². The summed E-state index contributed by atoms with van der Waals surface area (Å²) in [5, 5.41) is 15.0. The lowest BCUT2D eigenvalue weighted by Crippen LogP contribution is -2.17. The quantitative estimate of drug-likeness (QED) is 0.655. The zero-order chi connectivity index (χ0) is 11.1. The van der Waals surface area contributed by atoms with Gasteiger partial charge in [0.15, 0.2) is 0 Å². The van der Waals surface area contributed by atoms with Crippen molar-refractivity contribution < 1.29 is 5.11 Å². The van der Waals surface area contributed by atoms with E-state index in [-0.39, 0.29) is 12.6 Å². The normalized spacial score (nSPS) is 12.2. The van der Waals surface area contributed by atoms with Crippen LogP contribution in [-0.2, 0) is 0 Å². The summed E-state index contributed by atoms with van der Waals surface area (Å²) >= 11 is 0. The highest BCUT2D eigenvalue weighted by Crippen LogP contribution is 2.07. The molecule has 1 aromatic heterocycles. The van der Waals surface area contributed by atoms with Crippen LogP contribution in [0.4, 0.5) is 11.8 Å². The van der Waals surface area contributed by atoms with E-state index in [1.165, 1.54) is 0 Å². The lowest BCUT2D eigenvalue weighted by molar-refractivity contribution is 0.282. The fraction of sp³-hybridized carbons (Fsp3) is 0.600. The van der Waals surface area contributed by atoms with Crippen molar-refractivity contribution in [2.24, 2.45) is 0 Å². The maximum Gasteiger partial charge on any atom is 0.224 e. The van der Waals surface area contributed by atoms with Crippen molar-refractivity contribution in [1.29, 1.82) is 0 Å². The number of aliphatic hydroxyl groups is 1. The monoisotopic (exact) mass is 210 g/mol. The molecule has 1 heterocycles. The second-order valence-corrected chi connectivity index (χ2v) is 3.35. The molecular formula is C10H18N4O. The standard InChI is InChI=1S/C10H18N4O/c1-3-11-10-12-6-4-9(14-10)13-8(2)5-7-15/h4,6,8,15H,3,5,7H2,1-2H3,(H2,11,12,13,14). The number of hydrogen-bond acceptors (Lipinski definition) is 5. The molecule has 0 spiro atoms. The number of aliphatic hydroxyl groups excluding tert-OH is 1. The number of nitrogens with zero attached hydrogens (tertiary/aromatic N) is 2. The fourth-order valence-corrected chi connectivity index (χ4v) is 1.20. The van der Waals surface area contributed by atoms with Gasteiger partial charge in [0.25, 0.3) is 0 Å². The summed E-state index contributed by atoms with van der Waals surface area (Å²) in [5.41, 5.74) is 0. The Balaban J connectivity index is 2.56. The van der Waals surface area contributed by atoms with Crippen LogP contribution in [-0.4, -0.2) is 34.3 Å². The van der Waals surface area contributed by atoms with Gasteiger partial charge in [0.2, 0.25) is 5.95 Å². The van der Waals surface area contributed by atoms with Crippen LogP contribution in [0.3, 0.4) is 0 Å². The summed E-state index contributed by atoms with van der Waals surface area (Å²) < 4.78 is 0. The van der Waals surface area contributed by atoms with Crippen LogP contribution < -0.4 is 10.6 Å². The molecule has 0 aliphatic carbocycles. The molecule has 1 rings (SSSR count). The summed E-state index contributed by atoms with van der Waals surface area (Å²) in [6, 6.07) is 2.02. The molecule has 0 aliphatic heterocycles. The maximum atomic E-state index is 8.77.